The molecule has 0 fully saturated rings. The maximum atomic E-state index is 13.6. The van der Waals surface area contributed by atoms with Crippen molar-refractivity contribution in [3.8, 4) is 5.69 Å². The van der Waals surface area contributed by atoms with E-state index in [1.165, 1.54) is 6.07 Å². The summed E-state index contributed by atoms with van der Waals surface area (Å²) in [6.45, 7) is 0. The van der Waals surface area contributed by atoms with Gasteiger partial charge in [0.05, 0.1) is 21.2 Å². The van der Waals surface area contributed by atoms with E-state index in [0.29, 0.717) is 19.8 Å². The van der Waals surface area contributed by atoms with E-state index in [9.17, 15) is 4.39 Å². The topological polar surface area (TPSA) is 20.7 Å². The Hall–Kier alpha value is -0.440. The van der Waals surface area contributed by atoms with Gasteiger partial charge in [-0.25, -0.2) is 4.39 Å². The van der Waals surface area contributed by atoms with Crippen LogP contribution in [0.2, 0.25) is 5.02 Å². The molecular formula is C13H6BrClFIN2S. The molecule has 0 aliphatic rings. The van der Waals surface area contributed by atoms with Crippen LogP contribution in [0.1, 0.15) is 0 Å². The largest absolute Gasteiger partial charge is 0.330 e. The first kappa shape index (κ1) is 14.5. The van der Waals surface area contributed by atoms with Crippen molar-refractivity contribution >= 4 is 73.4 Å². The summed E-state index contributed by atoms with van der Waals surface area (Å²) in [6, 6.07) is 8.69. The minimum atomic E-state index is -0.327. The van der Waals surface area contributed by atoms with Crippen LogP contribution in [-0.2, 0) is 0 Å². The summed E-state index contributed by atoms with van der Waals surface area (Å²) in [5.74, 6) is -0.327. The van der Waals surface area contributed by atoms with Crippen LogP contribution in [0, 0.1) is 14.2 Å². The van der Waals surface area contributed by atoms with Crippen molar-refractivity contribution < 1.29 is 4.39 Å². The van der Waals surface area contributed by atoms with Gasteiger partial charge in [-0.3, -0.25) is 4.57 Å². The third-order valence-corrected chi connectivity index (χ3v) is 4.87. The van der Waals surface area contributed by atoms with E-state index in [4.69, 9.17) is 23.8 Å². The first-order valence-electron chi connectivity index (χ1n) is 5.52. The smallest absolute Gasteiger partial charge is 0.182 e. The lowest BCUT2D eigenvalue weighted by atomic mass is 10.2. The number of nitrogens with one attached hydrogen (secondary N) is 1. The number of rotatable bonds is 1. The molecule has 0 atom stereocenters. The molecule has 102 valence electrons. The SMILES string of the molecule is Fc1cc2[nH]c(=S)n(-c3ccc(Cl)cc3I)c2cc1Br. The number of hydrogen-bond donors (Lipinski definition) is 1. The number of halogens is 4. The van der Waals surface area contributed by atoms with Gasteiger partial charge in [0.25, 0.3) is 0 Å². The number of benzene rings is 2. The van der Waals surface area contributed by atoms with Crippen LogP contribution in [0.15, 0.2) is 34.8 Å². The molecule has 0 aliphatic carbocycles. The van der Waals surface area contributed by atoms with Gasteiger partial charge >= 0.3 is 0 Å². The fraction of sp³-hybridized carbons (Fsp3) is 0. The third kappa shape index (κ3) is 2.43. The third-order valence-electron chi connectivity index (χ3n) is 2.87. The fourth-order valence-corrected chi connectivity index (χ4v) is 3.75. The average molecular weight is 484 g/mol. The van der Waals surface area contributed by atoms with Gasteiger partial charge in [-0.05, 0) is 75.0 Å². The average Bonchev–Trinajstić information content (AvgIpc) is 2.66. The molecule has 0 amide bonds. The number of hydrogen-bond acceptors (Lipinski definition) is 1. The van der Waals surface area contributed by atoms with Gasteiger partial charge in [-0.15, -0.1) is 0 Å². The summed E-state index contributed by atoms with van der Waals surface area (Å²) in [5, 5.41) is 0.664. The molecule has 0 saturated carbocycles. The summed E-state index contributed by atoms with van der Waals surface area (Å²) in [6.07, 6.45) is 0. The van der Waals surface area contributed by atoms with E-state index in [-0.39, 0.29) is 5.82 Å². The number of nitrogens with zero attached hydrogens (tertiary/aromatic N) is 1. The summed E-state index contributed by atoms with van der Waals surface area (Å²) in [4.78, 5) is 3.02. The minimum Gasteiger partial charge on any atom is -0.330 e. The van der Waals surface area contributed by atoms with Crippen molar-refractivity contribution in [2.24, 2.45) is 0 Å². The fourth-order valence-electron chi connectivity index (χ4n) is 2.00. The summed E-state index contributed by atoms with van der Waals surface area (Å²) < 4.78 is 17.3. The van der Waals surface area contributed by atoms with Gasteiger partial charge in [-0.2, -0.15) is 0 Å². The Morgan fingerprint density at radius 1 is 1.30 bits per heavy atom. The van der Waals surface area contributed by atoms with Gasteiger partial charge in [0.1, 0.15) is 5.82 Å². The maximum Gasteiger partial charge on any atom is 0.182 e. The van der Waals surface area contributed by atoms with Gasteiger partial charge < -0.3 is 4.98 Å². The van der Waals surface area contributed by atoms with Crippen molar-refractivity contribution in [1.82, 2.24) is 9.55 Å². The van der Waals surface area contributed by atoms with Crippen molar-refractivity contribution in [2.75, 3.05) is 0 Å². The Morgan fingerprint density at radius 2 is 2.05 bits per heavy atom. The molecule has 0 radical (unpaired) electrons. The molecular weight excluding hydrogens is 477 g/mol. The molecule has 7 heteroatoms. The van der Waals surface area contributed by atoms with Gasteiger partial charge in [-0.1, -0.05) is 11.6 Å². The molecule has 1 N–H and O–H groups in total. The molecule has 3 aromatic rings. The van der Waals surface area contributed by atoms with Crippen LogP contribution in [0.4, 0.5) is 4.39 Å². The van der Waals surface area contributed by atoms with E-state index in [2.05, 4.69) is 43.5 Å². The van der Waals surface area contributed by atoms with E-state index >= 15 is 0 Å². The highest BCUT2D eigenvalue weighted by molar-refractivity contribution is 14.1. The molecule has 2 nitrogen and oxygen atoms in total. The number of aromatic nitrogens is 2. The lowest BCUT2D eigenvalue weighted by molar-refractivity contribution is 0.623. The number of aromatic amines is 1. The van der Waals surface area contributed by atoms with Crippen LogP contribution >= 0.6 is 62.3 Å². The van der Waals surface area contributed by atoms with Gasteiger partial charge in [0.2, 0.25) is 0 Å². The van der Waals surface area contributed by atoms with Crippen LogP contribution in [0.5, 0.6) is 0 Å². The molecule has 2 aromatic carbocycles. The van der Waals surface area contributed by atoms with Gasteiger partial charge in [0.15, 0.2) is 4.77 Å². The van der Waals surface area contributed by atoms with Crippen molar-refractivity contribution in [3.63, 3.8) is 0 Å². The first-order chi connectivity index (χ1) is 9.47. The van der Waals surface area contributed by atoms with Crippen molar-refractivity contribution in [3.05, 3.63) is 54.0 Å². The number of H-pyrrole nitrogens is 1. The highest BCUT2D eigenvalue weighted by Crippen LogP contribution is 2.28. The molecule has 0 aliphatic heterocycles. The van der Waals surface area contributed by atoms with Crippen LogP contribution < -0.4 is 0 Å². The molecule has 3 rings (SSSR count). The zero-order valence-corrected chi connectivity index (χ0v) is 15.1. The lowest BCUT2D eigenvalue weighted by Gasteiger charge is -2.08. The quantitative estimate of drug-likeness (QED) is 0.340. The Bertz CT molecular complexity index is 890. The zero-order valence-electron chi connectivity index (χ0n) is 9.75. The molecule has 0 saturated heterocycles. The van der Waals surface area contributed by atoms with E-state index in [1.54, 1.807) is 12.1 Å². The maximum absolute atomic E-state index is 13.6. The van der Waals surface area contributed by atoms with Crippen molar-refractivity contribution in [1.29, 1.82) is 0 Å². The minimum absolute atomic E-state index is 0.327. The van der Waals surface area contributed by atoms with E-state index in [1.807, 2.05) is 16.7 Å². The summed E-state index contributed by atoms with van der Waals surface area (Å²) >= 11 is 16.7. The Kier molecular flexibility index (Phi) is 3.91. The molecule has 1 aromatic heterocycles. The normalized spacial score (nSPS) is 11.2. The zero-order chi connectivity index (χ0) is 14.4. The molecule has 1 heterocycles. The van der Waals surface area contributed by atoms with Gasteiger partial charge in [0, 0.05) is 14.7 Å². The molecule has 0 spiro atoms. The Morgan fingerprint density at radius 3 is 2.75 bits per heavy atom. The monoisotopic (exact) mass is 482 g/mol. The van der Waals surface area contributed by atoms with Crippen LogP contribution in [0.25, 0.3) is 16.7 Å². The highest BCUT2D eigenvalue weighted by atomic mass is 127. The predicted octanol–water partition coefficient (Wildman–Crippen LogP) is 5.85. The molecule has 20 heavy (non-hydrogen) atoms. The predicted molar refractivity (Wildman–Crippen MR) is 93.8 cm³/mol. The van der Waals surface area contributed by atoms with Crippen LogP contribution in [0.3, 0.4) is 0 Å². The highest BCUT2D eigenvalue weighted by Gasteiger charge is 2.12. The van der Waals surface area contributed by atoms with Crippen molar-refractivity contribution in [2.45, 2.75) is 0 Å². The first-order valence-corrected chi connectivity index (χ1v) is 8.18. The Labute approximate surface area is 146 Å². The summed E-state index contributed by atoms with van der Waals surface area (Å²) in [7, 11) is 0. The van der Waals surface area contributed by atoms with E-state index in [0.717, 1.165) is 14.8 Å². The number of imidazole rings is 1. The summed E-state index contributed by atoms with van der Waals surface area (Å²) in [5.41, 5.74) is 2.37. The standard InChI is InChI=1S/C13H6BrClFIN2S/c14-7-4-12-10(5-8(7)16)18-13(20)19(12)11-2-1-6(15)3-9(11)17/h1-5H,(H,18,20). The number of fused-ring (bicyclic) bond motifs is 1. The second kappa shape index (κ2) is 5.40. The Balaban J connectivity index is 2.39. The lowest BCUT2D eigenvalue weighted by Crippen LogP contribution is -1.97. The molecule has 0 unspecified atom stereocenters. The van der Waals surface area contributed by atoms with Crippen LogP contribution in [-0.4, -0.2) is 9.55 Å². The second-order valence-electron chi connectivity index (χ2n) is 4.14. The second-order valence-corrected chi connectivity index (χ2v) is 6.98. The van der Waals surface area contributed by atoms with E-state index < -0.39 is 0 Å². The molecule has 0 bridgehead atoms.